The molecule has 2 radical (unpaired) electrons. The van der Waals surface area contributed by atoms with Crippen LogP contribution in [0.5, 0.6) is 0 Å². The molecule has 8 heavy (non-hydrogen) atoms. The SMILES string of the molecule is [Cr+3].[Fe+2].[Mn+2].[O-2].[O-2].[O-2].[O]=[Co]. The van der Waals surface area contributed by atoms with Crippen LogP contribution in [0.3, 0.4) is 0 Å². The van der Waals surface area contributed by atoms with Crippen LogP contribution in [0.4, 0.5) is 0 Å². The molecule has 8 heteroatoms. The summed E-state index contributed by atoms with van der Waals surface area (Å²) in [6.07, 6.45) is 0. The molecule has 0 aromatic carbocycles. The Morgan fingerprint density at radius 2 is 0.875 bits per heavy atom. The third-order valence-corrected chi connectivity index (χ3v) is 0. The van der Waals surface area contributed by atoms with Gasteiger partial charge in [-0.15, -0.1) is 0 Å². The van der Waals surface area contributed by atoms with Crippen molar-refractivity contribution in [2.75, 3.05) is 0 Å². The second-order valence-corrected chi connectivity index (χ2v) is 0. The number of rotatable bonds is 0. The van der Waals surface area contributed by atoms with Crippen molar-refractivity contribution in [3.8, 4) is 0 Å². The van der Waals surface area contributed by atoms with E-state index >= 15 is 0 Å². The van der Waals surface area contributed by atoms with Gasteiger partial charge >= 0.3 is 71.0 Å². The maximum absolute atomic E-state index is 7.94. The summed E-state index contributed by atoms with van der Waals surface area (Å²) in [6, 6.07) is 0. The zero-order valence-corrected chi connectivity index (χ0v) is 7.71. The van der Waals surface area contributed by atoms with E-state index in [4.69, 9.17) is 3.87 Å². The molecule has 0 rings (SSSR count). The number of hydrogen-bond acceptors (Lipinski definition) is 1. The van der Waals surface area contributed by atoms with Crippen LogP contribution in [0.15, 0.2) is 0 Å². The van der Waals surface area contributed by atoms with Gasteiger partial charge in [-0.3, -0.25) is 0 Å². The second kappa shape index (κ2) is 171. The molecule has 0 aliphatic carbocycles. The summed E-state index contributed by atoms with van der Waals surface area (Å²) in [5.74, 6) is 0. The van der Waals surface area contributed by atoms with Gasteiger partial charge in [0.25, 0.3) is 0 Å². The van der Waals surface area contributed by atoms with Crippen molar-refractivity contribution in [1.29, 1.82) is 0 Å². The summed E-state index contributed by atoms with van der Waals surface area (Å²) in [5.41, 5.74) is 0. The molecule has 0 aromatic heterocycles. The third kappa shape index (κ3) is 115. The fourth-order valence-corrected chi connectivity index (χ4v) is 0. The first-order chi connectivity index (χ1) is 1.00. The molecule has 0 saturated heterocycles. The van der Waals surface area contributed by atoms with Crippen LogP contribution in [0.1, 0.15) is 0 Å². The van der Waals surface area contributed by atoms with Crippen LogP contribution < -0.4 is 0 Å². The van der Waals surface area contributed by atoms with Crippen LogP contribution in [-0.4, -0.2) is 0 Å². The van der Waals surface area contributed by atoms with Gasteiger partial charge in [-0.25, -0.2) is 0 Å². The average molecular weight is 286 g/mol. The molecule has 0 heterocycles. The molecule has 0 aliphatic heterocycles. The maximum atomic E-state index is 7.94. The molecule has 0 bridgehead atoms. The van der Waals surface area contributed by atoms with E-state index in [1.54, 1.807) is 0 Å². The zero-order valence-electron chi connectivity index (χ0n) is 3.11. The van der Waals surface area contributed by atoms with Crippen molar-refractivity contribution < 1.29 is 87.5 Å². The Morgan fingerprint density at radius 1 is 0.875 bits per heavy atom. The van der Waals surface area contributed by atoms with E-state index in [0.717, 1.165) is 0 Å². The summed E-state index contributed by atoms with van der Waals surface area (Å²) >= 11 is 2.31. The molecule has 0 unspecified atom stereocenters. The molecule has 0 aromatic rings. The molecule has 0 saturated carbocycles. The summed E-state index contributed by atoms with van der Waals surface area (Å²) in [7, 11) is 0. The minimum absolute atomic E-state index is 0. The van der Waals surface area contributed by atoms with Crippen molar-refractivity contribution in [2.45, 2.75) is 0 Å². The topological polar surface area (TPSA) is 103 Å². The van der Waals surface area contributed by atoms with Gasteiger partial charge in [-0.2, -0.15) is 0 Å². The first kappa shape index (κ1) is 98.4. The monoisotopic (exact) mass is 286 g/mol. The molecule has 4 nitrogen and oxygen atoms in total. The van der Waals surface area contributed by atoms with Crippen LogP contribution in [0, 0.1) is 0 Å². The Bertz CT molecular complexity index is 16.0. The van der Waals surface area contributed by atoms with Crippen LogP contribution in [0.2, 0.25) is 0 Å². The van der Waals surface area contributed by atoms with E-state index in [1.807, 2.05) is 0 Å². The van der Waals surface area contributed by atoms with Gasteiger partial charge < -0.3 is 16.4 Å². The average Bonchev–Trinajstić information content (AvgIpc) is 1.00. The van der Waals surface area contributed by atoms with Gasteiger partial charge in [0.05, 0.1) is 0 Å². The van der Waals surface area contributed by atoms with Crippen LogP contribution in [-0.2, 0) is 87.5 Å². The minimum atomic E-state index is 0. The molecule has 0 spiro atoms. The van der Waals surface area contributed by atoms with E-state index < -0.39 is 0 Å². The fraction of sp³-hybridized carbons (Fsp3) is 0. The van der Waals surface area contributed by atoms with Crippen molar-refractivity contribution in [3.05, 3.63) is 0 Å². The van der Waals surface area contributed by atoms with E-state index in [2.05, 4.69) is 15.7 Å². The van der Waals surface area contributed by atoms with Crippen molar-refractivity contribution in [3.63, 3.8) is 0 Å². The third-order valence-electron chi connectivity index (χ3n) is 0. The molecule has 0 aliphatic rings. The Hall–Kier alpha value is 1.76. The van der Waals surface area contributed by atoms with Crippen molar-refractivity contribution in [2.24, 2.45) is 0 Å². The molecule has 0 fully saturated rings. The number of hydrogen-bond donors (Lipinski definition) is 0. The Morgan fingerprint density at radius 3 is 0.875 bits per heavy atom. The molecule has 0 amide bonds. The van der Waals surface area contributed by atoms with Crippen LogP contribution in [0.25, 0.3) is 0 Å². The van der Waals surface area contributed by atoms with Crippen molar-refractivity contribution in [1.82, 2.24) is 0 Å². The fourth-order valence-electron chi connectivity index (χ4n) is 0. The van der Waals surface area contributed by atoms with Gasteiger partial charge in [-0.05, 0) is 0 Å². The molecular formula is CoCrFeMnO4+. The molecule has 0 N–H and O–H groups in total. The Labute approximate surface area is 87.0 Å². The summed E-state index contributed by atoms with van der Waals surface area (Å²) in [6.45, 7) is 0. The first-order valence-electron chi connectivity index (χ1n) is 0.136. The van der Waals surface area contributed by atoms with Gasteiger partial charge in [0.2, 0.25) is 0 Å². The van der Waals surface area contributed by atoms with Gasteiger partial charge in [0.15, 0.2) is 0 Å². The first-order valence-corrected chi connectivity index (χ1v) is 0.561. The second-order valence-electron chi connectivity index (χ2n) is 0. The summed E-state index contributed by atoms with van der Waals surface area (Å²) in [4.78, 5) is 0. The summed E-state index contributed by atoms with van der Waals surface area (Å²) in [5, 5.41) is 0. The van der Waals surface area contributed by atoms with Crippen molar-refractivity contribution >= 4 is 0 Å². The van der Waals surface area contributed by atoms with E-state index in [1.165, 1.54) is 0 Å². The standard InChI is InChI=1S/Co.Cr.Fe.Mn.4O/q;+3;2*+2;;3*-2. The summed E-state index contributed by atoms with van der Waals surface area (Å²) < 4.78 is 7.94. The van der Waals surface area contributed by atoms with E-state index in [-0.39, 0.29) is 67.9 Å². The quantitative estimate of drug-likeness (QED) is 0.551. The van der Waals surface area contributed by atoms with Gasteiger partial charge in [0, 0.05) is 0 Å². The molecule has 53 valence electrons. The van der Waals surface area contributed by atoms with E-state index in [9.17, 15) is 0 Å². The van der Waals surface area contributed by atoms with Gasteiger partial charge in [-0.1, -0.05) is 0 Å². The predicted molar refractivity (Wildman–Crippen MR) is 2.75 cm³/mol. The zero-order chi connectivity index (χ0) is 2.00. The predicted octanol–water partition coefficient (Wildman–Crippen LogP) is -0.485. The Kier molecular flexibility index (Phi) is 2100. The normalized spacial score (nSPS) is 0.625. The Balaban J connectivity index is -0.000000000333. The van der Waals surface area contributed by atoms with Crippen LogP contribution >= 0.6 is 0 Å². The molecule has 0 atom stereocenters. The molecular weight excluding hydrogens is 286 g/mol. The van der Waals surface area contributed by atoms with E-state index in [0.29, 0.717) is 0 Å². The van der Waals surface area contributed by atoms with Gasteiger partial charge in [0.1, 0.15) is 0 Å².